The summed E-state index contributed by atoms with van der Waals surface area (Å²) in [6.45, 7) is 1.97. The molecule has 32 heavy (non-hydrogen) atoms. The third-order valence-electron chi connectivity index (χ3n) is 5.24. The fourth-order valence-corrected chi connectivity index (χ4v) is 4.87. The van der Waals surface area contributed by atoms with Gasteiger partial charge in [-0.05, 0) is 36.8 Å². The summed E-state index contributed by atoms with van der Waals surface area (Å²) in [5.74, 6) is -1.58. The van der Waals surface area contributed by atoms with E-state index in [1.54, 1.807) is 4.68 Å². The van der Waals surface area contributed by atoms with E-state index in [1.807, 2.05) is 31.2 Å². The zero-order chi connectivity index (χ0) is 22.4. The number of hydrogen-bond acceptors (Lipinski definition) is 5. The lowest BCUT2D eigenvalue weighted by Gasteiger charge is -2.14. The highest BCUT2D eigenvalue weighted by atomic mass is 32.2. The summed E-state index contributed by atoms with van der Waals surface area (Å²) < 4.78 is 30.0. The van der Waals surface area contributed by atoms with Crippen LogP contribution in [0.1, 0.15) is 18.0 Å². The van der Waals surface area contributed by atoms with E-state index in [0.717, 1.165) is 23.4 Å². The zero-order valence-corrected chi connectivity index (χ0v) is 17.7. The van der Waals surface area contributed by atoms with Gasteiger partial charge in [-0.25, -0.2) is 18.4 Å². The van der Waals surface area contributed by atoms with Crippen LogP contribution >= 0.6 is 11.8 Å². The highest BCUT2D eigenvalue weighted by Crippen LogP contribution is 2.33. The minimum absolute atomic E-state index is 0.0457. The van der Waals surface area contributed by atoms with Crippen LogP contribution in [0.25, 0.3) is 16.7 Å². The Morgan fingerprint density at radius 3 is 2.88 bits per heavy atom. The number of carbonyl (C=O) groups is 1. The molecule has 4 aromatic rings. The number of aryl methyl sites for hydroxylation is 1. The lowest BCUT2D eigenvalue weighted by molar-refractivity contribution is -0.116. The van der Waals surface area contributed by atoms with Gasteiger partial charge >= 0.3 is 0 Å². The number of nitrogens with zero attached hydrogens (tertiary/aromatic N) is 4. The van der Waals surface area contributed by atoms with Crippen LogP contribution in [0.15, 0.2) is 58.6 Å². The molecule has 162 valence electrons. The van der Waals surface area contributed by atoms with Crippen LogP contribution in [-0.4, -0.2) is 31.0 Å². The first-order chi connectivity index (χ1) is 15.4. The van der Waals surface area contributed by atoms with Gasteiger partial charge in [0.1, 0.15) is 17.0 Å². The number of fused-ring (bicyclic) bond motifs is 2. The van der Waals surface area contributed by atoms with Crippen LogP contribution in [0, 0.1) is 18.6 Å². The van der Waals surface area contributed by atoms with E-state index >= 15 is 0 Å². The predicted octanol–water partition coefficient (Wildman–Crippen LogP) is 3.84. The van der Waals surface area contributed by atoms with Crippen molar-refractivity contribution >= 4 is 34.4 Å². The molecule has 0 aliphatic carbocycles. The number of aromatic nitrogens is 4. The molecule has 5 rings (SSSR count). The Bertz CT molecular complexity index is 1430. The third-order valence-corrected chi connectivity index (χ3v) is 6.34. The number of thioether (sulfide) groups is 1. The Hall–Kier alpha value is -3.53. The molecule has 1 aliphatic heterocycles. The number of rotatable bonds is 4. The molecule has 10 heteroatoms. The summed E-state index contributed by atoms with van der Waals surface area (Å²) in [6.07, 6.45) is 1.43. The molecule has 1 N–H and O–H groups in total. The van der Waals surface area contributed by atoms with Gasteiger partial charge in [0.2, 0.25) is 5.91 Å². The zero-order valence-electron chi connectivity index (χ0n) is 16.9. The van der Waals surface area contributed by atoms with E-state index in [0.29, 0.717) is 28.0 Å². The van der Waals surface area contributed by atoms with Crippen molar-refractivity contribution in [1.82, 2.24) is 19.3 Å². The second-order valence-electron chi connectivity index (χ2n) is 7.54. The van der Waals surface area contributed by atoms with Gasteiger partial charge in [0.25, 0.3) is 5.56 Å². The molecule has 3 heterocycles. The monoisotopic (exact) mass is 453 g/mol. The van der Waals surface area contributed by atoms with Crippen molar-refractivity contribution < 1.29 is 13.6 Å². The first-order valence-electron chi connectivity index (χ1n) is 9.86. The number of amides is 1. The minimum Gasteiger partial charge on any atom is -0.324 e. The lowest BCUT2D eigenvalue weighted by atomic mass is 10.2. The van der Waals surface area contributed by atoms with Crippen molar-refractivity contribution in [3.05, 3.63) is 76.2 Å². The normalized spacial score (nSPS) is 15.2. The second-order valence-corrected chi connectivity index (χ2v) is 8.53. The maximum Gasteiger partial charge on any atom is 0.265 e. The predicted molar refractivity (Wildman–Crippen MR) is 117 cm³/mol. The molecule has 0 radical (unpaired) electrons. The summed E-state index contributed by atoms with van der Waals surface area (Å²) in [7, 11) is 0. The highest BCUT2D eigenvalue weighted by molar-refractivity contribution is 7.99. The molecule has 7 nitrogen and oxygen atoms in total. The maximum atomic E-state index is 13.8. The van der Waals surface area contributed by atoms with Crippen LogP contribution in [0.4, 0.5) is 14.5 Å². The fourth-order valence-electron chi connectivity index (χ4n) is 3.74. The first-order valence-corrected chi connectivity index (χ1v) is 10.8. The van der Waals surface area contributed by atoms with E-state index < -0.39 is 23.6 Å². The molecule has 0 saturated carbocycles. The van der Waals surface area contributed by atoms with Crippen LogP contribution in [0.2, 0.25) is 0 Å². The molecule has 1 amide bonds. The second kappa shape index (κ2) is 7.86. The summed E-state index contributed by atoms with van der Waals surface area (Å²) in [5.41, 5.74) is 1.93. The van der Waals surface area contributed by atoms with E-state index in [2.05, 4.69) is 15.4 Å². The quantitative estimate of drug-likeness (QED) is 0.475. The summed E-state index contributed by atoms with van der Waals surface area (Å²) in [6, 6.07) is 10.2. The van der Waals surface area contributed by atoms with Crippen molar-refractivity contribution in [3.63, 3.8) is 0 Å². The molecular weight excluding hydrogens is 436 g/mol. The van der Waals surface area contributed by atoms with Gasteiger partial charge in [0.05, 0.1) is 23.6 Å². The Morgan fingerprint density at radius 2 is 2.09 bits per heavy atom. The molecular formula is C22H17F2N5O2S. The molecule has 2 aromatic carbocycles. The topological polar surface area (TPSA) is 81.8 Å². The van der Waals surface area contributed by atoms with Gasteiger partial charge in [-0.1, -0.05) is 23.9 Å². The van der Waals surface area contributed by atoms with Gasteiger partial charge in [0, 0.05) is 18.2 Å². The van der Waals surface area contributed by atoms with Crippen LogP contribution in [0.5, 0.6) is 0 Å². The largest absolute Gasteiger partial charge is 0.324 e. The SMILES string of the molecule is Cc1cccc(-n2ncc3c(=O)n4c(nc32)SCC4CC(=O)Nc2ccc(F)cc2F)c1. The first kappa shape index (κ1) is 20.4. The molecule has 2 aromatic heterocycles. The number of halogens is 2. The number of nitrogens with one attached hydrogen (secondary N) is 1. The molecule has 0 bridgehead atoms. The van der Waals surface area contributed by atoms with Crippen LogP contribution in [-0.2, 0) is 4.79 Å². The van der Waals surface area contributed by atoms with E-state index in [-0.39, 0.29) is 17.7 Å². The van der Waals surface area contributed by atoms with Crippen molar-refractivity contribution in [1.29, 1.82) is 0 Å². The number of hydrogen-bond donors (Lipinski definition) is 1. The van der Waals surface area contributed by atoms with Crippen molar-refractivity contribution in [3.8, 4) is 5.69 Å². The van der Waals surface area contributed by atoms with Gasteiger partial charge in [0.15, 0.2) is 10.8 Å². The van der Waals surface area contributed by atoms with E-state index in [4.69, 9.17) is 0 Å². The van der Waals surface area contributed by atoms with Crippen molar-refractivity contribution in [2.45, 2.75) is 24.5 Å². The number of carbonyl (C=O) groups excluding carboxylic acids is 1. The summed E-state index contributed by atoms with van der Waals surface area (Å²) >= 11 is 1.38. The average molecular weight is 453 g/mol. The van der Waals surface area contributed by atoms with Gasteiger partial charge < -0.3 is 5.32 Å². The van der Waals surface area contributed by atoms with Crippen molar-refractivity contribution in [2.24, 2.45) is 0 Å². The molecule has 1 aliphatic rings. The molecule has 0 fully saturated rings. The van der Waals surface area contributed by atoms with Gasteiger partial charge in [-0.15, -0.1) is 0 Å². The summed E-state index contributed by atoms with van der Waals surface area (Å²) in [4.78, 5) is 30.3. The lowest BCUT2D eigenvalue weighted by Crippen LogP contribution is -2.28. The van der Waals surface area contributed by atoms with E-state index in [9.17, 15) is 18.4 Å². The Kier molecular flexibility index (Phi) is 5.01. The highest BCUT2D eigenvalue weighted by Gasteiger charge is 2.29. The Labute approximate surface area is 185 Å². The van der Waals surface area contributed by atoms with Crippen LogP contribution < -0.4 is 10.9 Å². The minimum atomic E-state index is -0.858. The standard InChI is InChI=1S/C22H17F2N5O2S/c1-12-3-2-4-14(7-12)29-20-16(10-25-29)21(31)28-15(11-32-22(28)27-20)9-19(30)26-18-6-5-13(23)8-17(18)24/h2-8,10,15H,9,11H2,1H3,(H,26,30). The Balaban J connectivity index is 1.44. The number of anilines is 1. The van der Waals surface area contributed by atoms with Crippen molar-refractivity contribution in [2.75, 3.05) is 11.1 Å². The Morgan fingerprint density at radius 1 is 1.25 bits per heavy atom. The van der Waals surface area contributed by atoms with Crippen LogP contribution in [0.3, 0.4) is 0 Å². The van der Waals surface area contributed by atoms with Gasteiger partial charge in [-0.2, -0.15) is 5.10 Å². The molecule has 0 saturated heterocycles. The molecule has 1 unspecified atom stereocenters. The third kappa shape index (κ3) is 3.56. The van der Waals surface area contributed by atoms with E-state index in [1.165, 1.54) is 22.5 Å². The number of benzene rings is 2. The molecule has 1 atom stereocenters. The fraction of sp³-hybridized carbons (Fsp3) is 0.182. The maximum absolute atomic E-state index is 13.8. The smallest absolute Gasteiger partial charge is 0.265 e. The van der Waals surface area contributed by atoms with Gasteiger partial charge in [-0.3, -0.25) is 14.2 Å². The summed E-state index contributed by atoms with van der Waals surface area (Å²) in [5, 5.41) is 7.64. The average Bonchev–Trinajstić information content (AvgIpc) is 3.35. The molecule has 0 spiro atoms.